The quantitative estimate of drug-likeness (QED) is 0.666. The lowest BCUT2D eigenvalue weighted by Gasteiger charge is -2.24. The van der Waals surface area contributed by atoms with Gasteiger partial charge in [0.1, 0.15) is 17.7 Å². The summed E-state index contributed by atoms with van der Waals surface area (Å²) >= 11 is 0. The highest BCUT2D eigenvalue weighted by atomic mass is 16.5. The lowest BCUT2D eigenvalue weighted by Crippen LogP contribution is -2.38. The van der Waals surface area contributed by atoms with Crippen molar-refractivity contribution in [2.24, 2.45) is 0 Å². The van der Waals surface area contributed by atoms with E-state index in [2.05, 4.69) is 51.8 Å². The predicted octanol–water partition coefficient (Wildman–Crippen LogP) is 3.41. The Morgan fingerprint density at radius 1 is 1.28 bits per heavy atom. The molecule has 0 radical (unpaired) electrons. The summed E-state index contributed by atoms with van der Waals surface area (Å²) in [5.41, 5.74) is 1.23. The van der Waals surface area contributed by atoms with Crippen molar-refractivity contribution in [1.29, 1.82) is 0 Å². The molecule has 6 heteroatoms. The molecule has 0 saturated carbocycles. The third kappa shape index (κ3) is 6.32. The van der Waals surface area contributed by atoms with Crippen LogP contribution in [0.5, 0.6) is 5.75 Å². The smallest absolute Gasteiger partial charge is 0.221 e. The first-order chi connectivity index (χ1) is 14.2. The van der Waals surface area contributed by atoms with Crippen LogP contribution in [0.15, 0.2) is 36.7 Å². The summed E-state index contributed by atoms with van der Waals surface area (Å²) in [6, 6.07) is 8.31. The number of aryl methyl sites for hydroxylation is 2. The van der Waals surface area contributed by atoms with E-state index in [4.69, 9.17) is 4.74 Å². The van der Waals surface area contributed by atoms with Crippen molar-refractivity contribution in [2.45, 2.75) is 65.1 Å². The van der Waals surface area contributed by atoms with Crippen LogP contribution in [0.3, 0.4) is 0 Å². The van der Waals surface area contributed by atoms with Crippen molar-refractivity contribution < 1.29 is 9.53 Å². The monoisotopic (exact) mass is 398 g/mol. The lowest BCUT2D eigenvalue weighted by atomic mass is 10.1. The second-order valence-corrected chi connectivity index (χ2v) is 7.72. The largest absolute Gasteiger partial charge is 0.489 e. The first kappa shape index (κ1) is 21.4. The van der Waals surface area contributed by atoms with Crippen LogP contribution in [0.1, 0.15) is 50.9 Å². The SMILES string of the molecule is CCCCC1CN(CCNC(=O)CCn2ccnc2CC)Cc2ccccc2O1. The number of imidazole rings is 1. The van der Waals surface area contributed by atoms with Crippen LogP contribution in [0.25, 0.3) is 0 Å². The standard InChI is InChI=1S/C23H34N4O2/c1-3-5-9-20-18-26(17-19-8-6-7-10-21(19)29-20)15-12-25-23(28)11-14-27-16-13-24-22(27)4-2/h6-8,10,13,16,20H,3-5,9,11-12,14-15,17-18H2,1-2H3,(H,25,28). The average Bonchev–Trinajstić information content (AvgIpc) is 3.11. The summed E-state index contributed by atoms with van der Waals surface area (Å²) in [6.45, 7) is 8.23. The zero-order chi connectivity index (χ0) is 20.5. The number of nitrogens with one attached hydrogen (secondary N) is 1. The third-order valence-electron chi connectivity index (χ3n) is 5.45. The van der Waals surface area contributed by atoms with Gasteiger partial charge in [0, 0.05) is 63.5 Å². The van der Waals surface area contributed by atoms with Gasteiger partial charge in [0.2, 0.25) is 5.91 Å². The maximum Gasteiger partial charge on any atom is 0.221 e. The molecule has 0 fully saturated rings. The van der Waals surface area contributed by atoms with E-state index in [1.54, 1.807) is 6.20 Å². The van der Waals surface area contributed by atoms with Crippen LogP contribution in [0, 0.1) is 0 Å². The number of carbonyl (C=O) groups excluding carboxylic acids is 1. The minimum Gasteiger partial charge on any atom is -0.489 e. The van der Waals surface area contributed by atoms with Crippen molar-refractivity contribution in [3.05, 3.63) is 48.0 Å². The summed E-state index contributed by atoms with van der Waals surface area (Å²) in [5.74, 6) is 2.13. The normalized spacial score (nSPS) is 16.7. The topological polar surface area (TPSA) is 59.4 Å². The number of benzene rings is 1. The number of amides is 1. The maximum atomic E-state index is 12.3. The number of ether oxygens (including phenoxy) is 1. The van der Waals surface area contributed by atoms with E-state index in [1.165, 1.54) is 18.4 Å². The van der Waals surface area contributed by atoms with E-state index in [1.807, 2.05) is 12.3 Å². The number of carbonyl (C=O) groups is 1. The van der Waals surface area contributed by atoms with E-state index >= 15 is 0 Å². The molecule has 0 spiro atoms. The first-order valence-corrected chi connectivity index (χ1v) is 10.9. The van der Waals surface area contributed by atoms with E-state index in [-0.39, 0.29) is 12.0 Å². The molecule has 0 bridgehead atoms. The predicted molar refractivity (Wildman–Crippen MR) is 115 cm³/mol. The number of nitrogens with zero attached hydrogens (tertiary/aromatic N) is 3. The van der Waals surface area contributed by atoms with Crippen LogP contribution < -0.4 is 10.1 Å². The van der Waals surface area contributed by atoms with Crippen molar-refractivity contribution >= 4 is 5.91 Å². The molecule has 0 saturated heterocycles. The van der Waals surface area contributed by atoms with Gasteiger partial charge in [-0.3, -0.25) is 9.69 Å². The Hall–Kier alpha value is -2.34. The van der Waals surface area contributed by atoms with Gasteiger partial charge in [-0.25, -0.2) is 4.98 Å². The Balaban J connectivity index is 1.47. The van der Waals surface area contributed by atoms with Crippen molar-refractivity contribution in [1.82, 2.24) is 19.8 Å². The lowest BCUT2D eigenvalue weighted by molar-refractivity contribution is -0.121. The number of fused-ring (bicyclic) bond motifs is 1. The highest BCUT2D eigenvalue weighted by Crippen LogP contribution is 2.26. The highest BCUT2D eigenvalue weighted by molar-refractivity contribution is 5.75. The molecule has 2 aromatic rings. The van der Waals surface area contributed by atoms with Crippen molar-refractivity contribution in [3.63, 3.8) is 0 Å². The van der Waals surface area contributed by atoms with Crippen LogP contribution >= 0.6 is 0 Å². The van der Waals surface area contributed by atoms with Gasteiger partial charge in [0.15, 0.2) is 0 Å². The molecular weight excluding hydrogens is 364 g/mol. The Morgan fingerprint density at radius 3 is 2.97 bits per heavy atom. The van der Waals surface area contributed by atoms with Gasteiger partial charge in [-0.05, 0) is 18.9 Å². The Morgan fingerprint density at radius 2 is 2.14 bits per heavy atom. The molecule has 29 heavy (non-hydrogen) atoms. The van der Waals surface area contributed by atoms with Gasteiger partial charge >= 0.3 is 0 Å². The molecule has 1 aliphatic heterocycles. The van der Waals surface area contributed by atoms with E-state index in [9.17, 15) is 4.79 Å². The van der Waals surface area contributed by atoms with Gasteiger partial charge in [0.05, 0.1) is 0 Å². The van der Waals surface area contributed by atoms with Gasteiger partial charge in [0.25, 0.3) is 0 Å². The minimum absolute atomic E-state index is 0.0924. The highest BCUT2D eigenvalue weighted by Gasteiger charge is 2.22. The number of hydrogen-bond donors (Lipinski definition) is 1. The zero-order valence-electron chi connectivity index (χ0n) is 17.8. The van der Waals surface area contributed by atoms with E-state index < -0.39 is 0 Å². The Kier molecular flexibility index (Phi) is 8.11. The second kappa shape index (κ2) is 11.0. The Labute approximate surface area is 174 Å². The minimum atomic E-state index is 0.0924. The first-order valence-electron chi connectivity index (χ1n) is 10.9. The Bertz CT molecular complexity index is 774. The van der Waals surface area contributed by atoms with Gasteiger partial charge in [-0.1, -0.05) is 38.5 Å². The molecule has 3 rings (SSSR count). The number of rotatable bonds is 10. The van der Waals surface area contributed by atoms with Gasteiger partial charge in [-0.2, -0.15) is 0 Å². The van der Waals surface area contributed by atoms with Crippen LogP contribution in [0.4, 0.5) is 0 Å². The van der Waals surface area contributed by atoms with Gasteiger partial charge in [-0.15, -0.1) is 0 Å². The summed E-state index contributed by atoms with van der Waals surface area (Å²) in [5, 5.41) is 3.08. The summed E-state index contributed by atoms with van der Waals surface area (Å²) in [6.07, 6.45) is 8.73. The second-order valence-electron chi connectivity index (χ2n) is 7.72. The number of hydrogen-bond acceptors (Lipinski definition) is 4. The fourth-order valence-corrected chi connectivity index (χ4v) is 3.83. The van der Waals surface area contributed by atoms with Crippen LogP contribution in [0.2, 0.25) is 0 Å². The molecule has 6 nitrogen and oxygen atoms in total. The molecule has 1 atom stereocenters. The molecule has 1 amide bonds. The fourth-order valence-electron chi connectivity index (χ4n) is 3.83. The third-order valence-corrected chi connectivity index (χ3v) is 5.45. The maximum absolute atomic E-state index is 12.3. The molecule has 1 aliphatic rings. The van der Waals surface area contributed by atoms with Crippen LogP contribution in [-0.4, -0.2) is 46.1 Å². The van der Waals surface area contributed by atoms with Gasteiger partial charge < -0.3 is 14.6 Å². The van der Waals surface area contributed by atoms with E-state index in [0.29, 0.717) is 19.5 Å². The molecule has 1 N–H and O–H groups in total. The molecular formula is C23H34N4O2. The fraction of sp³-hybridized carbons (Fsp3) is 0.565. The average molecular weight is 399 g/mol. The summed E-state index contributed by atoms with van der Waals surface area (Å²) < 4.78 is 8.34. The molecule has 1 aromatic heterocycles. The van der Waals surface area contributed by atoms with Crippen LogP contribution in [-0.2, 0) is 24.3 Å². The van der Waals surface area contributed by atoms with E-state index in [0.717, 1.165) is 44.0 Å². The number of unbranched alkanes of at least 4 members (excludes halogenated alkanes) is 1. The molecule has 158 valence electrons. The summed E-state index contributed by atoms with van der Waals surface area (Å²) in [7, 11) is 0. The molecule has 1 aromatic carbocycles. The zero-order valence-corrected chi connectivity index (χ0v) is 17.8. The van der Waals surface area contributed by atoms with Crippen molar-refractivity contribution in [3.8, 4) is 5.75 Å². The summed E-state index contributed by atoms with van der Waals surface area (Å²) in [4.78, 5) is 19.0. The number of para-hydroxylation sites is 1. The van der Waals surface area contributed by atoms with Crippen molar-refractivity contribution in [2.75, 3.05) is 19.6 Å². The molecule has 2 heterocycles. The number of aromatic nitrogens is 2. The molecule has 0 aliphatic carbocycles. The molecule has 1 unspecified atom stereocenters.